The lowest BCUT2D eigenvalue weighted by molar-refractivity contribution is -0.133. The molecular weight excluding hydrogens is 251 g/mol. The van der Waals surface area contributed by atoms with Crippen LogP contribution in [0.4, 0.5) is 0 Å². The van der Waals surface area contributed by atoms with E-state index in [1.807, 2.05) is 0 Å². The van der Waals surface area contributed by atoms with Crippen molar-refractivity contribution in [3.63, 3.8) is 0 Å². The molecule has 0 aliphatic rings. The van der Waals surface area contributed by atoms with Crippen molar-refractivity contribution in [2.24, 2.45) is 0 Å². The zero-order valence-corrected chi connectivity index (χ0v) is 9.40. The number of carboxylic acids is 1. The van der Waals surface area contributed by atoms with Gasteiger partial charge in [0.15, 0.2) is 0 Å². The largest absolute Gasteiger partial charge is 0.472 e. The Bertz CT molecular complexity index is 506. The van der Waals surface area contributed by atoms with Gasteiger partial charge in [0.2, 0.25) is 0 Å². The molecule has 82 valence electrons. The molecule has 0 aliphatic heterocycles. The van der Waals surface area contributed by atoms with Gasteiger partial charge in [-0.25, -0.2) is 4.79 Å². The predicted octanol–water partition coefficient (Wildman–Crippen LogP) is 2.76. The topological polar surface area (TPSA) is 73.7 Å². The maximum absolute atomic E-state index is 10.5. The molecule has 1 N–H and O–H groups in total. The summed E-state index contributed by atoms with van der Waals surface area (Å²) in [4.78, 5) is 13.1. The van der Waals surface area contributed by atoms with Crippen LogP contribution in [0, 0.1) is 0 Å². The third kappa shape index (κ3) is 3.21. The van der Waals surface area contributed by atoms with Gasteiger partial charge in [-0.2, -0.15) is 4.79 Å². The Morgan fingerprint density at radius 3 is 2.56 bits per heavy atom. The van der Waals surface area contributed by atoms with Gasteiger partial charge < -0.3 is 10.6 Å². The van der Waals surface area contributed by atoms with E-state index in [-0.39, 0.29) is 0 Å². The van der Waals surface area contributed by atoms with Crippen LogP contribution in [-0.4, -0.2) is 21.6 Å². The van der Waals surface area contributed by atoms with Crippen LogP contribution in [0.15, 0.2) is 24.3 Å². The first-order valence-electron chi connectivity index (χ1n) is 4.13. The number of hydrogen-bond donors (Lipinski definition) is 1. The molecule has 0 unspecified atom stereocenters. The molecule has 16 heavy (non-hydrogen) atoms. The molecule has 1 aromatic carbocycles. The quantitative estimate of drug-likeness (QED) is 0.513. The summed E-state index contributed by atoms with van der Waals surface area (Å²) >= 11 is 11.5. The van der Waals surface area contributed by atoms with Crippen LogP contribution in [0.5, 0.6) is 0 Å². The molecule has 0 atom stereocenters. The molecule has 0 saturated carbocycles. The van der Waals surface area contributed by atoms with E-state index in [4.69, 9.17) is 33.8 Å². The second-order valence-electron chi connectivity index (χ2n) is 2.80. The second-order valence-corrected chi connectivity index (χ2v) is 3.61. The van der Waals surface area contributed by atoms with Gasteiger partial charge in [-0.15, -0.1) is 0 Å². The van der Waals surface area contributed by atoms with Crippen molar-refractivity contribution in [3.05, 3.63) is 45.4 Å². The average molecular weight is 257 g/mol. The first-order valence-corrected chi connectivity index (χ1v) is 4.88. The normalized spacial score (nSPS) is 10.1. The number of carbonyl (C=O) groups is 1. The molecule has 0 radical (unpaired) electrons. The highest BCUT2D eigenvalue weighted by atomic mass is 35.5. The van der Waals surface area contributed by atoms with Crippen molar-refractivity contribution in [3.8, 4) is 0 Å². The third-order valence-corrected chi connectivity index (χ3v) is 2.44. The van der Waals surface area contributed by atoms with Gasteiger partial charge >= 0.3 is 11.7 Å². The zero-order chi connectivity index (χ0) is 12.1. The summed E-state index contributed by atoms with van der Waals surface area (Å²) < 4.78 is 0. The molecule has 0 heterocycles. The minimum atomic E-state index is -1.32. The van der Waals surface area contributed by atoms with Crippen molar-refractivity contribution in [1.82, 2.24) is 0 Å². The van der Waals surface area contributed by atoms with Gasteiger partial charge in [0, 0.05) is 6.08 Å². The highest BCUT2D eigenvalue weighted by molar-refractivity contribution is 6.42. The van der Waals surface area contributed by atoms with E-state index in [1.165, 1.54) is 6.08 Å². The fourth-order valence-corrected chi connectivity index (χ4v) is 1.25. The number of rotatable bonds is 3. The highest BCUT2D eigenvalue weighted by Crippen LogP contribution is 2.22. The summed E-state index contributed by atoms with van der Waals surface area (Å²) in [6.45, 7) is 0. The SMILES string of the molecule is [N-]=[N+]=C(/C=C/c1ccc(Cl)c(Cl)c1)C(=O)O. The monoisotopic (exact) mass is 256 g/mol. The minimum absolute atomic E-state index is 0.363. The lowest BCUT2D eigenvalue weighted by Crippen LogP contribution is -2.10. The second kappa shape index (κ2) is 5.47. The number of benzene rings is 1. The number of nitrogens with zero attached hydrogens (tertiary/aromatic N) is 2. The van der Waals surface area contributed by atoms with Crippen LogP contribution in [0.25, 0.3) is 11.6 Å². The molecule has 1 rings (SSSR count). The Balaban J connectivity index is 2.96. The van der Waals surface area contributed by atoms with Crippen LogP contribution in [-0.2, 0) is 4.79 Å². The average Bonchev–Trinajstić information content (AvgIpc) is 2.23. The van der Waals surface area contributed by atoms with E-state index in [0.717, 1.165) is 6.08 Å². The Hall–Kier alpha value is -1.61. The molecule has 0 fully saturated rings. The molecule has 0 aliphatic carbocycles. The summed E-state index contributed by atoms with van der Waals surface area (Å²) in [7, 11) is 0. The minimum Gasteiger partial charge on any atom is -0.472 e. The molecule has 0 spiro atoms. The van der Waals surface area contributed by atoms with Gasteiger partial charge in [0.1, 0.15) is 0 Å². The Morgan fingerprint density at radius 1 is 1.38 bits per heavy atom. The molecule has 4 nitrogen and oxygen atoms in total. The van der Waals surface area contributed by atoms with Gasteiger partial charge in [0.25, 0.3) is 0 Å². The number of carboxylic acid groups (broad SMARTS) is 1. The fraction of sp³-hybridized carbons (Fsp3) is 0. The fourth-order valence-electron chi connectivity index (χ4n) is 0.939. The molecule has 0 aromatic heterocycles. The lowest BCUT2D eigenvalue weighted by Gasteiger charge is -1.96. The number of halogens is 2. The summed E-state index contributed by atoms with van der Waals surface area (Å²) in [6, 6.07) is 4.80. The molecule has 1 aromatic rings. The van der Waals surface area contributed by atoms with E-state index in [2.05, 4.69) is 4.79 Å². The van der Waals surface area contributed by atoms with Crippen LogP contribution in [0.2, 0.25) is 10.0 Å². The molecule has 0 amide bonds. The summed E-state index contributed by atoms with van der Waals surface area (Å²) in [5.41, 5.74) is 8.57. The molecule has 0 saturated heterocycles. The maximum atomic E-state index is 10.5. The van der Waals surface area contributed by atoms with E-state index < -0.39 is 11.7 Å². The predicted molar refractivity (Wildman–Crippen MR) is 61.8 cm³/mol. The van der Waals surface area contributed by atoms with Crippen molar-refractivity contribution in [1.29, 1.82) is 0 Å². The Morgan fingerprint density at radius 2 is 2.06 bits per heavy atom. The van der Waals surface area contributed by atoms with Gasteiger partial charge in [-0.1, -0.05) is 29.3 Å². The standard InChI is InChI=1S/C10H6Cl2N2O2/c11-7-3-1-6(5-8(7)12)2-4-9(14-13)10(15)16/h1-5H,(H,15,16)/b4-2+. The smallest absolute Gasteiger partial charge is 0.419 e. The molecule has 0 bridgehead atoms. The van der Waals surface area contributed by atoms with Gasteiger partial charge in [0.05, 0.1) is 10.0 Å². The first-order chi connectivity index (χ1) is 7.54. The van der Waals surface area contributed by atoms with Crippen LogP contribution >= 0.6 is 23.2 Å². The number of aliphatic carboxylic acids is 1. The Labute approximate surface area is 101 Å². The van der Waals surface area contributed by atoms with E-state index in [0.29, 0.717) is 15.6 Å². The van der Waals surface area contributed by atoms with Crippen LogP contribution in [0.1, 0.15) is 5.56 Å². The van der Waals surface area contributed by atoms with E-state index in [9.17, 15) is 4.79 Å². The van der Waals surface area contributed by atoms with E-state index in [1.54, 1.807) is 18.2 Å². The van der Waals surface area contributed by atoms with Crippen molar-refractivity contribution >= 4 is 41.0 Å². The molecule has 6 heteroatoms. The number of hydrogen-bond acceptors (Lipinski definition) is 1. The third-order valence-electron chi connectivity index (χ3n) is 1.70. The van der Waals surface area contributed by atoms with E-state index >= 15 is 0 Å². The van der Waals surface area contributed by atoms with Crippen LogP contribution in [0.3, 0.4) is 0 Å². The summed E-state index contributed by atoms with van der Waals surface area (Å²) in [5, 5.41) is 9.33. The summed E-state index contributed by atoms with van der Waals surface area (Å²) in [6.07, 6.45) is 2.60. The molecular formula is C10H6Cl2N2O2. The van der Waals surface area contributed by atoms with Crippen molar-refractivity contribution < 1.29 is 14.7 Å². The summed E-state index contributed by atoms with van der Waals surface area (Å²) in [5.74, 6) is -1.32. The van der Waals surface area contributed by atoms with Crippen LogP contribution < -0.4 is 0 Å². The first kappa shape index (κ1) is 12.5. The zero-order valence-electron chi connectivity index (χ0n) is 7.89. The van der Waals surface area contributed by atoms with Gasteiger partial charge in [-0.05, 0) is 23.8 Å². The van der Waals surface area contributed by atoms with Crippen molar-refractivity contribution in [2.45, 2.75) is 0 Å². The Kier molecular flexibility index (Phi) is 4.26. The lowest BCUT2D eigenvalue weighted by atomic mass is 10.2. The van der Waals surface area contributed by atoms with Crippen molar-refractivity contribution in [2.75, 3.05) is 0 Å². The maximum Gasteiger partial charge on any atom is 0.419 e. The van der Waals surface area contributed by atoms with Gasteiger partial charge in [-0.3, -0.25) is 0 Å². The highest BCUT2D eigenvalue weighted by Gasteiger charge is 2.13.